The zero-order chi connectivity index (χ0) is 14.4. The SMILES string of the molecule is Cc1ccc2c(c1)C1CN(Cc3ccccc3)CC1C2=O. The lowest BCUT2D eigenvalue weighted by atomic mass is 9.95. The normalized spacial score (nSPS) is 24.1. The highest BCUT2D eigenvalue weighted by Gasteiger charge is 2.45. The van der Waals surface area contributed by atoms with E-state index in [0.717, 1.165) is 25.2 Å². The number of hydrogen-bond donors (Lipinski definition) is 0. The molecule has 1 fully saturated rings. The summed E-state index contributed by atoms with van der Waals surface area (Å²) < 4.78 is 0. The zero-order valence-electron chi connectivity index (χ0n) is 12.3. The van der Waals surface area contributed by atoms with Crippen molar-refractivity contribution in [3.63, 3.8) is 0 Å². The number of carbonyl (C=O) groups is 1. The molecule has 106 valence electrons. The van der Waals surface area contributed by atoms with Crippen LogP contribution in [0.15, 0.2) is 48.5 Å². The maximum atomic E-state index is 12.6. The second-order valence-corrected chi connectivity index (χ2v) is 6.35. The molecule has 1 saturated heterocycles. The Bertz CT molecular complexity index is 692. The van der Waals surface area contributed by atoms with Gasteiger partial charge in [-0.05, 0) is 18.1 Å². The summed E-state index contributed by atoms with van der Waals surface area (Å²) in [5, 5.41) is 0. The number of Topliss-reactive ketones (excluding diaryl/α,β-unsaturated/α-hetero) is 1. The third-order valence-corrected chi connectivity index (χ3v) is 4.85. The number of hydrogen-bond acceptors (Lipinski definition) is 2. The van der Waals surface area contributed by atoms with Crippen LogP contribution in [0.3, 0.4) is 0 Å². The van der Waals surface area contributed by atoms with E-state index in [9.17, 15) is 4.79 Å². The van der Waals surface area contributed by atoms with Gasteiger partial charge in [-0.1, -0.05) is 54.1 Å². The molecule has 0 saturated carbocycles. The predicted molar refractivity (Wildman–Crippen MR) is 83.5 cm³/mol. The number of benzene rings is 2. The lowest BCUT2D eigenvalue weighted by Crippen LogP contribution is -2.23. The van der Waals surface area contributed by atoms with Crippen molar-refractivity contribution in [2.45, 2.75) is 19.4 Å². The quantitative estimate of drug-likeness (QED) is 0.838. The highest BCUT2D eigenvalue weighted by Crippen LogP contribution is 2.43. The molecule has 0 spiro atoms. The fraction of sp³-hybridized carbons (Fsp3) is 0.316. The van der Waals surface area contributed by atoms with E-state index in [0.29, 0.717) is 11.7 Å². The molecule has 0 amide bonds. The zero-order valence-corrected chi connectivity index (χ0v) is 12.3. The van der Waals surface area contributed by atoms with E-state index in [1.54, 1.807) is 0 Å². The van der Waals surface area contributed by atoms with Gasteiger partial charge in [0.2, 0.25) is 0 Å². The number of ketones is 1. The van der Waals surface area contributed by atoms with Crippen molar-refractivity contribution < 1.29 is 4.79 Å². The van der Waals surface area contributed by atoms with E-state index in [2.05, 4.69) is 48.2 Å². The minimum absolute atomic E-state index is 0.172. The first kappa shape index (κ1) is 12.8. The minimum Gasteiger partial charge on any atom is -0.298 e. The van der Waals surface area contributed by atoms with Gasteiger partial charge in [0.25, 0.3) is 0 Å². The van der Waals surface area contributed by atoms with E-state index in [1.807, 2.05) is 12.1 Å². The first-order valence-corrected chi connectivity index (χ1v) is 7.63. The van der Waals surface area contributed by atoms with Gasteiger partial charge in [0.1, 0.15) is 0 Å². The lowest BCUT2D eigenvalue weighted by Gasteiger charge is -2.17. The van der Waals surface area contributed by atoms with Crippen LogP contribution in [-0.2, 0) is 6.54 Å². The maximum absolute atomic E-state index is 12.6. The molecular weight excluding hydrogens is 258 g/mol. The monoisotopic (exact) mass is 277 g/mol. The van der Waals surface area contributed by atoms with Gasteiger partial charge in [0.05, 0.1) is 0 Å². The van der Waals surface area contributed by atoms with Crippen molar-refractivity contribution in [3.8, 4) is 0 Å². The molecule has 0 radical (unpaired) electrons. The van der Waals surface area contributed by atoms with Crippen LogP contribution in [0.1, 0.15) is 33.0 Å². The standard InChI is InChI=1S/C19H19NO/c1-13-7-8-15-16(9-13)17-11-20(12-18(17)19(15)21)10-14-5-3-2-4-6-14/h2-9,17-18H,10-12H2,1H3. The van der Waals surface area contributed by atoms with Crippen molar-refractivity contribution >= 4 is 5.78 Å². The molecular formula is C19H19NO. The van der Waals surface area contributed by atoms with Crippen LogP contribution in [-0.4, -0.2) is 23.8 Å². The average Bonchev–Trinajstić information content (AvgIpc) is 3.00. The number of likely N-dealkylation sites (tertiary alicyclic amines) is 1. The highest BCUT2D eigenvalue weighted by atomic mass is 16.1. The topological polar surface area (TPSA) is 20.3 Å². The van der Waals surface area contributed by atoms with Crippen LogP contribution in [0.2, 0.25) is 0 Å². The van der Waals surface area contributed by atoms with Gasteiger partial charge >= 0.3 is 0 Å². The fourth-order valence-electron chi connectivity index (χ4n) is 3.85. The van der Waals surface area contributed by atoms with Gasteiger partial charge in [0.15, 0.2) is 5.78 Å². The number of carbonyl (C=O) groups excluding carboxylic acids is 1. The Morgan fingerprint density at radius 2 is 1.81 bits per heavy atom. The van der Waals surface area contributed by atoms with Gasteiger partial charge in [-0.15, -0.1) is 0 Å². The maximum Gasteiger partial charge on any atom is 0.168 e. The Labute approximate surface area is 125 Å². The van der Waals surface area contributed by atoms with Gasteiger partial charge in [0, 0.05) is 37.0 Å². The van der Waals surface area contributed by atoms with Crippen molar-refractivity contribution in [1.29, 1.82) is 0 Å². The summed E-state index contributed by atoms with van der Waals surface area (Å²) in [7, 11) is 0. The van der Waals surface area contributed by atoms with Gasteiger partial charge in [-0.3, -0.25) is 9.69 Å². The van der Waals surface area contributed by atoms with Crippen LogP contribution in [0.5, 0.6) is 0 Å². The van der Waals surface area contributed by atoms with Crippen LogP contribution < -0.4 is 0 Å². The van der Waals surface area contributed by atoms with E-state index < -0.39 is 0 Å². The van der Waals surface area contributed by atoms with Gasteiger partial charge < -0.3 is 0 Å². The van der Waals surface area contributed by atoms with Crippen LogP contribution >= 0.6 is 0 Å². The molecule has 1 aliphatic heterocycles. The van der Waals surface area contributed by atoms with Crippen molar-refractivity contribution in [2.24, 2.45) is 5.92 Å². The molecule has 2 atom stereocenters. The van der Waals surface area contributed by atoms with E-state index >= 15 is 0 Å². The van der Waals surface area contributed by atoms with Crippen LogP contribution in [0.4, 0.5) is 0 Å². The molecule has 2 aromatic carbocycles. The first-order valence-electron chi connectivity index (χ1n) is 7.63. The molecule has 4 rings (SSSR count). The van der Waals surface area contributed by atoms with Crippen LogP contribution in [0.25, 0.3) is 0 Å². The van der Waals surface area contributed by atoms with Crippen molar-refractivity contribution in [1.82, 2.24) is 4.90 Å². The third-order valence-electron chi connectivity index (χ3n) is 4.85. The van der Waals surface area contributed by atoms with E-state index in [1.165, 1.54) is 16.7 Å². The Balaban J connectivity index is 1.58. The second kappa shape index (κ2) is 4.81. The average molecular weight is 277 g/mol. The molecule has 2 aliphatic rings. The summed E-state index contributed by atoms with van der Waals surface area (Å²) >= 11 is 0. The summed E-state index contributed by atoms with van der Waals surface area (Å²) in [5.41, 5.74) is 4.83. The first-order chi connectivity index (χ1) is 10.2. The van der Waals surface area contributed by atoms with Gasteiger partial charge in [-0.2, -0.15) is 0 Å². The number of rotatable bonds is 2. The summed E-state index contributed by atoms with van der Waals surface area (Å²) in [6, 6.07) is 16.8. The lowest BCUT2D eigenvalue weighted by molar-refractivity contribution is 0.0931. The predicted octanol–water partition coefficient (Wildman–Crippen LogP) is 3.41. The smallest absolute Gasteiger partial charge is 0.168 e. The molecule has 0 aromatic heterocycles. The fourth-order valence-corrected chi connectivity index (χ4v) is 3.85. The summed E-state index contributed by atoms with van der Waals surface area (Å²) in [6.07, 6.45) is 0. The summed E-state index contributed by atoms with van der Waals surface area (Å²) in [6.45, 7) is 4.95. The Morgan fingerprint density at radius 1 is 1.05 bits per heavy atom. The number of fused-ring (bicyclic) bond motifs is 3. The van der Waals surface area contributed by atoms with E-state index in [-0.39, 0.29) is 5.92 Å². The molecule has 2 nitrogen and oxygen atoms in total. The Morgan fingerprint density at radius 3 is 2.62 bits per heavy atom. The van der Waals surface area contributed by atoms with Crippen LogP contribution in [0, 0.1) is 12.8 Å². The Hall–Kier alpha value is -1.93. The highest BCUT2D eigenvalue weighted by molar-refractivity contribution is 6.03. The van der Waals surface area contributed by atoms with E-state index in [4.69, 9.17) is 0 Å². The molecule has 21 heavy (non-hydrogen) atoms. The molecule has 0 N–H and O–H groups in total. The van der Waals surface area contributed by atoms with Gasteiger partial charge in [-0.25, -0.2) is 0 Å². The number of aryl methyl sites for hydroxylation is 1. The molecule has 1 heterocycles. The molecule has 1 aliphatic carbocycles. The third kappa shape index (κ3) is 2.11. The largest absolute Gasteiger partial charge is 0.298 e. The molecule has 2 heteroatoms. The molecule has 2 aromatic rings. The second-order valence-electron chi connectivity index (χ2n) is 6.35. The number of nitrogens with zero attached hydrogens (tertiary/aromatic N) is 1. The molecule has 2 unspecified atom stereocenters. The molecule has 0 bridgehead atoms. The minimum atomic E-state index is 0.172. The summed E-state index contributed by atoms with van der Waals surface area (Å²) in [4.78, 5) is 15.0. The Kier molecular flexibility index (Phi) is 2.93. The summed E-state index contributed by atoms with van der Waals surface area (Å²) in [5.74, 6) is 0.923. The van der Waals surface area contributed by atoms with Crippen molar-refractivity contribution in [2.75, 3.05) is 13.1 Å². The van der Waals surface area contributed by atoms with Crippen molar-refractivity contribution in [3.05, 3.63) is 70.8 Å².